The van der Waals surface area contributed by atoms with Gasteiger partial charge in [-0.2, -0.15) is 0 Å². The number of hydrogen-bond acceptors (Lipinski definition) is 3. The summed E-state index contributed by atoms with van der Waals surface area (Å²) in [5.74, 6) is 0.870. The Bertz CT molecular complexity index is 809. The molecule has 5 nitrogen and oxygen atoms in total. The van der Waals surface area contributed by atoms with Crippen molar-refractivity contribution in [2.45, 2.75) is 37.8 Å². The van der Waals surface area contributed by atoms with E-state index in [0.29, 0.717) is 0 Å². The summed E-state index contributed by atoms with van der Waals surface area (Å²) in [5, 5.41) is 7.04. The molecule has 0 unspecified atom stereocenters. The second kappa shape index (κ2) is 10.1. The highest BCUT2D eigenvalue weighted by Gasteiger charge is 2.38. The molecular formula is C25H34N4O. The maximum absolute atomic E-state index is 5.43. The molecule has 2 N–H and O–H groups in total. The summed E-state index contributed by atoms with van der Waals surface area (Å²) in [4.78, 5) is 6.88. The molecule has 4 rings (SSSR count). The van der Waals surface area contributed by atoms with Crippen molar-refractivity contribution in [3.8, 4) is 0 Å². The molecule has 2 aromatic carbocycles. The molecule has 160 valence electrons. The molecule has 0 amide bonds. The number of nitrogens with one attached hydrogen (secondary N) is 2. The van der Waals surface area contributed by atoms with Crippen LogP contribution in [0, 0.1) is 0 Å². The van der Waals surface area contributed by atoms with Gasteiger partial charge < -0.3 is 15.4 Å². The summed E-state index contributed by atoms with van der Waals surface area (Å²) in [6.07, 6.45) is 3.79. The van der Waals surface area contributed by atoms with Crippen LogP contribution < -0.4 is 10.6 Å². The van der Waals surface area contributed by atoms with Crippen LogP contribution in [0.25, 0.3) is 0 Å². The lowest BCUT2D eigenvalue weighted by Gasteiger charge is -2.43. The first-order chi connectivity index (χ1) is 14.8. The third-order valence-electron chi connectivity index (χ3n) is 6.51. The molecule has 2 fully saturated rings. The third-order valence-corrected chi connectivity index (χ3v) is 6.51. The molecule has 0 aromatic heterocycles. The van der Waals surface area contributed by atoms with Crippen LogP contribution in [0.4, 0.5) is 0 Å². The van der Waals surface area contributed by atoms with E-state index >= 15 is 0 Å². The van der Waals surface area contributed by atoms with Gasteiger partial charge in [-0.1, -0.05) is 61.0 Å². The SMILES string of the molecule is CN=C(NCc1ccc(CN2CCOCC2)cc1)NCC1(c2ccccc2)CCC1. The number of rotatable bonds is 7. The van der Waals surface area contributed by atoms with Crippen molar-refractivity contribution in [1.82, 2.24) is 15.5 Å². The molecule has 5 heteroatoms. The van der Waals surface area contributed by atoms with Crippen LogP contribution in [-0.4, -0.2) is 50.8 Å². The summed E-state index contributed by atoms with van der Waals surface area (Å²) >= 11 is 0. The topological polar surface area (TPSA) is 48.9 Å². The molecule has 1 saturated heterocycles. The fourth-order valence-electron chi connectivity index (χ4n) is 4.40. The van der Waals surface area contributed by atoms with Gasteiger partial charge in [0.05, 0.1) is 13.2 Å². The molecule has 0 spiro atoms. The average molecular weight is 407 g/mol. The number of ether oxygens (including phenoxy) is 1. The van der Waals surface area contributed by atoms with E-state index < -0.39 is 0 Å². The molecule has 0 atom stereocenters. The molecule has 30 heavy (non-hydrogen) atoms. The zero-order valence-corrected chi connectivity index (χ0v) is 18.1. The first-order valence-corrected chi connectivity index (χ1v) is 11.2. The van der Waals surface area contributed by atoms with E-state index in [0.717, 1.165) is 51.9 Å². The van der Waals surface area contributed by atoms with Gasteiger partial charge in [0.1, 0.15) is 0 Å². The van der Waals surface area contributed by atoms with Crippen molar-refractivity contribution >= 4 is 5.96 Å². The number of aliphatic imine (C=N–C) groups is 1. The minimum absolute atomic E-state index is 0.250. The predicted molar refractivity (Wildman–Crippen MR) is 123 cm³/mol. The summed E-state index contributed by atoms with van der Waals surface area (Å²) in [6, 6.07) is 19.8. The average Bonchev–Trinajstić information content (AvgIpc) is 2.77. The van der Waals surface area contributed by atoms with Crippen molar-refractivity contribution in [1.29, 1.82) is 0 Å². The van der Waals surface area contributed by atoms with Crippen LogP contribution >= 0.6 is 0 Å². The number of benzene rings is 2. The number of guanidine groups is 1. The number of hydrogen-bond donors (Lipinski definition) is 2. The van der Waals surface area contributed by atoms with Gasteiger partial charge in [0.25, 0.3) is 0 Å². The lowest BCUT2D eigenvalue weighted by molar-refractivity contribution is 0.0342. The van der Waals surface area contributed by atoms with Gasteiger partial charge in [-0.15, -0.1) is 0 Å². The van der Waals surface area contributed by atoms with E-state index in [1.54, 1.807) is 0 Å². The molecule has 1 heterocycles. The maximum atomic E-state index is 5.43. The van der Waals surface area contributed by atoms with E-state index in [4.69, 9.17) is 4.74 Å². The Labute approximate surface area is 180 Å². The van der Waals surface area contributed by atoms with E-state index in [1.165, 1.54) is 36.0 Å². The van der Waals surface area contributed by atoms with Crippen LogP contribution in [0.3, 0.4) is 0 Å². The van der Waals surface area contributed by atoms with E-state index in [9.17, 15) is 0 Å². The van der Waals surface area contributed by atoms with Crippen molar-refractivity contribution in [3.05, 3.63) is 71.3 Å². The highest BCUT2D eigenvalue weighted by atomic mass is 16.5. The first kappa shape index (κ1) is 20.9. The zero-order valence-electron chi connectivity index (χ0n) is 18.1. The van der Waals surface area contributed by atoms with Crippen LogP contribution in [0.2, 0.25) is 0 Å². The maximum Gasteiger partial charge on any atom is 0.191 e. The fourth-order valence-corrected chi connectivity index (χ4v) is 4.40. The van der Waals surface area contributed by atoms with Crippen LogP contribution in [0.5, 0.6) is 0 Å². The summed E-state index contributed by atoms with van der Waals surface area (Å²) in [6.45, 7) is 6.44. The van der Waals surface area contributed by atoms with Crippen molar-refractivity contribution in [2.24, 2.45) is 4.99 Å². The number of morpholine rings is 1. The zero-order chi connectivity index (χ0) is 20.7. The minimum Gasteiger partial charge on any atom is -0.379 e. The molecular weight excluding hydrogens is 372 g/mol. The largest absolute Gasteiger partial charge is 0.379 e. The fraction of sp³-hybridized carbons (Fsp3) is 0.480. The van der Waals surface area contributed by atoms with Gasteiger partial charge in [0.15, 0.2) is 5.96 Å². The molecule has 1 saturated carbocycles. The number of nitrogens with zero attached hydrogens (tertiary/aromatic N) is 2. The van der Waals surface area contributed by atoms with Crippen molar-refractivity contribution in [2.75, 3.05) is 39.9 Å². The smallest absolute Gasteiger partial charge is 0.191 e. The molecule has 2 aromatic rings. The normalized spacial score (nSPS) is 19.2. The standard InChI is InChI=1S/C25H34N4O/c1-26-24(28-20-25(12-5-13-25)23-6-3-2-4-7-23)27-18-21-8-10-22(11-9-21)19-29-14-16-30-17-15-29/h2-4,6-11H,5,12-20H2,1H3,(H2,26,27,28). The first-order valence-electron chi connectivity index (χ1n) is 11.2. The van der Waals surface area contributed by atoms with Gasteiger partial charge in [-0.25, -0.2) is 0 Å². The predicted octanol–water partition coefficient (Wildman–Crippen LogP) is 3.31. The van der Waals surface area contributed by atoms with E-state index in [1.807, 2.05) is 7.05 Å². The van der Waals surface area contributed by atoms with Crippen molar-refractivity contribution in [3.63, 3.8) is 0 Å². The summed E-state index contributed by atoms with van der Waals surface area (Å²) in [5.41, 5.74) is 4.32. The van der Waals surface area contributed by atoms with Gasteiger partial charge in [0.2, 0.25) is 0 Å². The summed E-state index contributed by atoms with van der Waals surface area (Å²) < 4.78 is 5.43. The Morgan fingerprint density at radius 1 is 0.967 bits per heavy atom. The second-order valence-electron chi connectivity index (χ2n) is 8.48. The molecule has 1 aliphatic carbocycles. The monoisotopic (exact) mass is 406 g/mol. The van der Waals surface area contributed by atoms with Crippen LogP contribution in [0.15, 0.2) is 59.6 Å². The minimum atomic E-state index is 0.250. The quantitative estimate of drug-likeness (QED) is 0.547. The van der Waals surface area contributed by atoms with Gasteiger partial charge in [-0.05, 0) is 29.5 Å². The Hall–Kier alpha value is -2.37. The van der Waals surface area contributed by atoms with Gasteiger partial charge in [0, 0.05) is 45.2 Å². The van der Waals surface area contributed by atoms with Gasteiger partial charge in [-0.3, -0.25) is 9.89 Å². The Morgan fingerprint density at radius 2 is 1.67 bits per heavy atom. The highest BCUT2D eigenvalue weighted by molar-refractivity contribution is 5.79. The van der Waals surface area contributed by atoms with E-state index in [-0.39, 0.29) is 5.41 Å². The third kappa shape index (κ3) is 5.21. The summed E-state index contributed by atoms with van der Waals surface area (Å²) in [7, 11) is 1.84. The molecule has 2 aliphatic rings. The molecule has 1 aliphatic heterocycles. The second-order valence-corrected chi connectivity index (χ2v) is 8.48. The van der Waals surface area contributed by atoms with E-state index in [2.05, 4.69) is 75.1 Å². The Kier molecular flexibility index (Phi) is 7.03. The van der Waals surface area contributed by atoms with Crippen molar-refractivity contribution < 1.29 is 4.74 Å². The highest BCUT2D eigenvalue weighted by Crippen LogP contribution is 2.43. The van der Waals surface area contributed by atoms with Crippen LogP contribution in [0.1, 0.15) is 36.0 Å². The van der Waals surface area contributed by atoms with Crippen LogP contribution in [-0.2, 0) is 23.2 Å². The lowest BCUT2D eigenvalue weighted by atomic mass is 9.64. The van der Waals surface area contributed by atoms with Gasteiger partial charge >= 0.3 is 0 Å². The lowest BCUT2D eigenvalue weighted by Crippen LogP contribution is -2.48. The Morgan fingerprint density at radius 3 is 2.30 bits per heavy atom. The molecule has 0 bridgehead atoms. The Balaban J connectivity index is 1.26. The molecule has 0 radical (unpaired) electrons.